The van der Waals surface area contributed by atoms with Gasteiger partial charge in [0, 0.05) is 5.56 Å². The highest BCUT2D eigenvalue weighted by Crippen LogP contribution is 2.31. The Hall–Kier alpha value is -2.30. The van der Waals surface area contributed by atoms with Gasteiger partial charge < -0.3 is 5.73 Å². The molecule has 2 aromatic rings. The van der Waals surface area contributed by atoms with Crippen molar-refractivity contribution >= 4 is 11.5 Å². The molecule has 0 fully saturated rings. The average Bonchev–Trinajstić information content (AvgIpc) is 2.38. The van der Waals surface area contributed by atoms with E-state index in [1.807, 2.05) is 19.1 Å². The topological polar surface area (TPSA) is 38.4 Å². The van der Waals surface area contributed by atoms with Gasteiger partial charge in [0.05, 0.1) is 11.3 Å². The van der Waals surface area contributed by atoms with Crippen molar-refractivity contribution < 1.29 is 13.2 Å². The van der Waals surface area contributed by atoms with Gasteiger partial charge in [0.15, 0.2) is 0 Å². The predicted molar refractivity (Wildman–Crippen MR) is 73.0 cm³/mol. The number of rotatable bonds is 2. The highest BCUT2D eigenvalue weighted by molar-refractivity contribution is 5.99. The normalized spacial score (nSPS) is 12.5. The number of alkyl halides is 3. The molecule has 0 saturated heterocycles. The lowest BCUT2D eigenvalue weighted by Gasteiger charge is -2.07. The minimum Gasteiger partial charge on any atom is -0.383 e. The summed E-state index contributed by atoms with van der Waals surface area (Å²) in [4.78, 5) is 4.03. The van der Waals surface area contributed by atoms with Gasteiger partial charge in [0.2, 0.25) is 0 Å². The lowest BCUT2D eigenvalue weighted by atomic mass is 10.1. The molecule has 0 amide bonds. The van der Waals surface area contributed by atoms with E-state index < -0.39 is 11.7 Å². The van der Waals surface area contributed by atoms with Gasteiger partial charge in [-0.25, -0.2) is 4.99 Å². The van der Waals surface area contributed by atoms with Gasteiger partial charge in [-0.05, 0) is 25.1 Å². The molecular formula is C15H13F3N2. The molecule has 2 rings (SSSR count). The minimum absolute atomic E-state index is 0.179. The van der Waals surface area contributed by atoms with Crippen LogP contribution in [0.2, 0.25) is 0 Å². The summed E-state index contributed by atoms with van der Waals surface area (Å²) in [7, 11) is 0. The van der Waals surface area contributed by atoms with E-state index >= 15 is 0 Å². The Balaban J connectivity index is 2.33. The first-order valence-corrected chi connectivity index (χ1v) is 5.95. The number of hydrogen-bond acceptors (Lipinski definition) is 1. The molecule has 0 radical (unpaired) electrons. The Labute approximate surface area is 114 Å². The number of halogens is 3. The van der Waals surface area contributed by atoms with Crippen molar-refractivity contribution in [2.75, 3.05) is 0 Å². The molecule has 0 atom stereocenters. The zero-order valence-corrected chi connectivity index (χ0v) is 10.8. The van der Waals surface area contributed by atoms with E-state index in [-0.39, 0.29) is 11.5 Å². The third kappa shape index (κ3) is 3.38. The number of aliphatic imine (C=N–C) groups is 1. The number of amidine groups is 1. The Morgan fingerprint density at radius 2 is 1.70 bits per heavy atom. The quantitative estimate of drug-likeness (QED) is 0.653. The summed E-state index contributed by atoms with van der Waals surface area (Å²) in [5.41, 5.74) is 6.99. The molecule has 104 valence electrons. The van der Waals surface area contributed by atoms with E-state index in [9.17, 15) is 13.2 Å². The van der Waals surface area contributed by atoms with Crippen LogP contribution in [0.4, 0.5) is 18.9 Å². The second kappa shape index (κ2) is 5.36. The van der Waals surface area contributed by atoms with Crippen molar-refractivity contribution in [2.24, 2.45) is 10.7 Å². The summed E-state index contributed by atoms with van der Waals surface area (Å²) in [6, 6.07) is 12.1. The number of benzene rings is 2. The highest BCUT2D eigenvalue weighted by Gasteiger charge is 2.30. The summed E-state index contributed by atoms with van der Waals surface area (Å²) in [5.74, 6) is 0.185. The van der Waals surface area contributed by atoms with E-state index in [0.29, 0.717) is 5.56 Å². The molecule has 0 bridgehead atoms. The van der Waals surface area contributed by atoms with Gasteiger partial charge in [-0.15, -0.1) is 0 Å². The summed E-state index contributed by atoms with van der Waals surface area (Å²) < 4.78 is 37.8. The molecule has 0 saturated carbocycles. The molecule has 2 nitrogen and oxygen atoms in total. The standard InChI is InChI=1S/C15H13F3N2/c1-10-5-7-11(8-6-10)14(19)20-13-4-2-3-12(9-13)15(16,17)18/h2-9H,1H3,(H2,19,20). The van der Waals surface area contributed by atoms with Crippen molar-refractivity contribution in [3.05, 3.63) is 65.2 Å². The molecule has 2 aromatic carbocycles. The minimum atomic E-state index is -4.38. The van der Waals surface area contributed by atoms with Gasteiger partial charge in [-0.3, -0.25) is 0 Å². The molecular weight excluding hydrogens is 265 g/mol. The SMILES string of the molecule is Cc1ccc(C(N)=Nc2cccc(C(F)(F)F)c2)cc1. The second-order valence-corrected chi connectivity index (χ2v) is 4.41. The largest absolute Gasteiger partial charge is 0.416 e. The van der Waals surface area contributed by atoms with Crippen LogP contribution < -0.4 is 5.73 Å². The van der Waals surface area contributed by atoms with Crippen molar-refractivity contribution in [3.63, 3.8) is 0 Å². The maximum absolute atomic E-state index is 12.6. The molecule has 5 heteroatoms. The molecule has 0 aromatic heterocycles. The predicted octanol–water partition coefficient (Wildman–Crippen LogP) is 4.05. The summed E-state index contributed by atoms with van der Waals surface area (Å²) in [6.45, 7) is 1.93. The van der Waals surface area contributed by atoms with Crippen molar-refractivity contribution in [1.82, 2.24) is 0 Å². The van der Waals surface area contributed by atoms with Gasteiger partial charge in [-0.2, -0.15) is 13.2 Å². The first-order chi connectivity index (χ1) is 9.36. The van der Waals surface area contributed by atoms with Crippen LogP contribution in [0.3, 0.4) is 0 Å². The maximum atomic E-state index is 12.6. The smallest absolute Gasteiger partial charge is 0.383 e. The second-order valence-electron chi connectivity index (χ2n) is 4.41. The summed E-state index contributed by atoms with van der Waals surface area (Å²) >= 11 is 0. The van der Waals surface area contributed by atoms with Crippen molar-refractivity contribution in [3.8, 4) is 0 Å². The molecule has 20 heavy (non-hydrogen) atoms. The van der Waals surface area contributed by atoms with Gasteiger partial charge >= 0.3 is 6.18 Å². The Morgan fingerprint density at radius 3 is 2.30 bits per heavy atom. The zero-order valence-electron chi connectivity index (χ0n) is 10.8. The summed E-state index contributed by atoms with van der Waals surface area (Å²) in [6.07, 6.45) is -4.38. The molecule has 0 aliphatic carbocycles. The van der Waals surface area contributed by atoms with E-state index in [1.165, 1.54) is 12.1 Å². The molecule has 0 aliphatic rings. The molecule has 0 unspecified atom stereocenters. The third-order valence-electron chi connectivity index (χ3n) is 2.77. The van der Waals surface area contributed by atoms with Crippen LogP contribution >= 0.6 is 0 Å². The van der Waals surface area contributed by atoms with Gasteiger partial charge in [0.25, 0.3) is 0 Å². The highest BCUT2D eigenvalue weighted by atomic mass is 19.4. The number of hydrogen-bond donors (Lipinski definition) is 1. The fourth-order valence-electron chi connectivity index (χ4n) is 1.68. The lowest BCUT2D eigenvalue weighted by Crippen LogP contribution is -2.12. The number of nitrogens with zero attached hydrogens (tertiary/aromatic N) is 1. The monoisotopic (exact) mass is 278 g/mol. The number of aryl methyl sites for hydroxylation is 1. The van der Waals surface area contributed by atoms with Crippen LogP contribution in [0.1, 0.15) is 16.7 Å². The van der Waals surface area contributed by atoms with Gasteiger partial charge in [-0.1, -0.05) is 35.9 Å². The van der Waals surface area contributed by atoms with Crippen molar-refractivity contribution in [2.45, 2.75) is 13.1 Å². The van der Waals surface area contributed by atoms with Crippen LogP contribution in [0.15, 0.2) is 53.5 Å². The van der Waals surface area contributed by atoms with E-state index in [0.717, 1.165) is 17.7 Å². The van der Waals surface area contributed by atoms with Crippen LogP contribution in [-0.4, -0.2) is 5.84 Å². The zero-order chi connectivity index (χ0) is 14.8. The van der Waals surface area contributed by atoms with Crippen molar-refractivity contribution in [1.29, 1.82) is 0 Å². The van der Waals surface area contributed by atoms with E-state index in [4.69, 9.17) is 5.73 Å². The average molecular weight is 278 g/mol. The van der Waals surface area contributed by atoms with Crippen LogP contribution in [0.5, 0.6) is 0 Å². The first-order valence-electron chi connectivity index (χ1n) is 5.95. The van der Waals surface area contributed by atoms with E-state index in [2.05, 4.69) is 4.99 Å². The Kier molecular flexibility index (Phi) is 3.79. The fourth-order valence-corrected chi connectivity index (χ4v) is 1.68. The van der Waals surface area contributed by atoms with Crippen LogP contribution in [0, 0.1) is 6.92 Å². The Morgan fingerprint density at radius 1 is 1.05 bits per heavy atom. The van der Waals surface area contributed by atoms with Gasteiger partial charge in [0.1, 0.15) is 5.84 Å². The fraction of sp³-hybridized carbons (Fsp3) is 0.133. The third-order valence-corrected chi connectivity index (χ3v) is 2.77. The van der Waals surface area contributed by atoms with Crippen LogP contribution in [0.25, 0.3) is 0 Å². The molecule has 0 spiro atoms. The lowest BCUT2D eigenvalue weighted by molar-refractivity contribution is -0.137. The Bertz CT molecular complexity index is 628. The molecule has 0 aliphatic heterocycles. The number of nitrogens with two attached hydrogens (primary N) is 1. The molecule has 2 N–H and O–H groups in total. The van der Waals surface area contributed by atoms with E-state index in [1.54, 1.807) is 12.1 Å². The van der Waals surface area contributed by atoms with Crippen LogP contribution in [-0.2, 0) is 6.18 Å². The molecule has 0 heterocycles. The maximum Gasteiger partial charge on any atom is 0.416 e. The first kappa shape index (κ1) is 14.1. The summed E-state index contributed by atoms with van der Waals surface area (Å²) in [5, 5.41) is 0.